The third-order valence-corrected chi connectivity index (χ3v) is 23.3. The number of hydrogen-bond donors (Lipinski definition) is 12. The Morgan fingerprint density at radius 2 is 0.644 bits per heavy atom. The molecule has 5 aliphatic rings. The van der Waals surface area contributed by atoms with E-state index < -0.39 is 42.5 Å². The lowest BCUT2D eigenvalue weighted by Gasteiger charge is -2.31. The highest BCUT2D eigenvalue weighted by Crippen LogP contribution is 2.47. The molecule has 1 saturated heterocycles. The highest BCUT2D eigenvalue weighted by molar-refractivity contribution is 6.41. The van der Waals surface area contributed by atoms with Gasteiger partial charge in [-0.1, -0.05) is 218 Å². The molecule has 0 atom stereocenters. The fourth-order valence-electron chi connectivity index (χ4n) is 13.1. The summed E-state index contributed by atoms with van der Waals surface area (Å²) in [6, 6.07) is 21.1. The summed E-state index contributed by atoms with van der Waals surface area (Å²) in [6.45, 7) is 37.1. The van der Waals surface area contributed by atoms with Gasteiger partial charge in [0.1, 0.15) is 0 Å². The van der Waals surface area contributed by atoms with E-state index in [0.717, 1.165) is 20.0 Å². The molecule has 774 valence electrons. The first kappa shape index (κ1) is 113. The number of nitrogens with one attached hydrogen (secondary N) is 11. The van der Waals surface area contributed by atoms with E-state index in [4.69, 9.17) is 156 Å². The number of aromatic amines is 5. The number of terminal acetylenes is 1. The molecule has 0 bridgehead atoms. The van der Waals surface area contributed by atoms with Gasteiger partial charge in [0.15, 0.2) is 46.1 Å². The monoisotopic (exact) mass is 2230 g/mol. The van der Waals surface area contributed by atoms with Gasteiger partial charge in [0.25, 0.3) is 27.8 Å². The van der Waals surface area contributed by atoms with Crippen LogP contribution in [0.3, 0.4) is 0 Å². The molecule has 10 heterocycles. The molecule has 55 heteroatoms. The molecule has 5 aliphatic heterocycles. The standard InChI is InChI=1S/C19H20Cl2N6O3.C19H16Cl2N6O3.C19H17Cl2N5O5.C19H15Cl2N5O3.C18H18Cl2N6O3/c1-9(2)12-8-15(23-24-18(12)28)30-16-13(20)6-11(7-14(16)21)27-19(29)22-10(3)17(25-27)26(4)5;1-9(2)12-8-16(24-25-18(12)28)30-17-13(20)6-11(7-14(17)21)27-19(29)23-10(3)15(26-27)4-5-22;1-8(2)11-6-15(23-24-18(11)29)31-17-12(20)4-10(5-13(17)21)26-19(30)22-9(3)14(25-26)7-16(27)28;1-5-15-10(4)22-19(28)26(25-15)11-6-13(20)17(14(21)7-11)29-16-8-12(9(2)3)18(27)24-23-16;1-8(2)11-7-14(23-24-17(11)27)29-15-12(19)5-10(6-13(15)20)26-18(28)22-9(3)16(21-4)25-26/h6-9H,3H2,1-2,4-5H3,(H,22,29)(H,24,28);6-9H,3-4H2,1-2H3,(H,23,29)(H,25,28);4-6,8H,3,7H2,1-2H3,(H,22,30)(H,24,29)(H,27,28);1,6-9H,4H2,2-3H3,(H,22,28)(H,24,27);5-8H,3H2,1-2,4H3,(H,21,25)(H,22,28)(H,24,27). The van der Waals surface area contributed by atoms with Crippen molar-refractivity contribution < 1.29 is 57.6 Å². The topological polar surface area (TPSA) is 575 Å². The third-order valence-electron chi connectivity index (χ3n) is 20.5. The molecule has 5 aromatic carbocycles. The van der Waals surface area contributed by atoms with E-state index in [1.165, 1.54) is 96.0 Å². The highest BCUT2D eigenvalue weighted by Gasteiger charge is 2.35. The van der Waals surface area contributed by atoms with E-state index in [1.54, 1.807) is 26.0 Å². The summed E-state index contributed by atoms with van der Waals surface area (Å²) >= 11 is 63.3. The van der Waals surface area contributed by atoms with E-state index >= 15 is 0 Å². The van der Waals surface area contributed by atoms with E-state index in [-0.39, 0.29) is 218 Å². The summed E-state index contributed by atoms with van der Waals surface area (Å²) < 4.78 is 28.4. The summed E-state index contributed by atoms with van der Waals surface area (Å²) in [4.78, 5) is 137. The van der Waals surface area contributed by atoms with Crippen LogP contribution >= 0.6 is 116 Å². The Morgan fingerprint density at radius 3 is 0.913 bits per heavy atom. The molecule has 10 aromatic rings. The minimum Gasteiger partial charge on any atom is -0.481 e. The maximum Gasteiger partial charge on any atom is 0.347 e. The molecule has 149 heavy (non-hydrogen) atoms. The number of nitrogens with zero attached hydrogens (tertiary/aromatic N) is 17. The fourth-order valence-corrected chi connectivity index (χ4v) is 15.9. The van der Waals surface area contributed by atoms with Crippen molar-refractivity contribution in [3.8, 4) is 76.6 Å². The first-order valence-electron chi connectivity index (χ1n) is 43.4. The number of carbonyl (C=O) groups is 6. The van der Waals surface area contributed by atoms with Crippen molar-refractivity contribution in [1.82, 2.24) is 87.9 Å². The van der Waals surface area contributed by atoms with Crippen LogP contribution in [0.4, 0.5) is 52.4 Å². The van der Waals surface area contributed by atoms with Crippen molar-refractivity contribution in [2.75, 3.05) is 46.2 Å². The van der Waals surface area contributed by atoms with Crippen LogP contribution in [0.15, 0.2) is 202 Å². The molecule has 0 spiro atoms. The molecule has 10 amide bonds. The number of aromatic nitrogens is 10. The lowest BCUT2D eigenvalue weighted by atomic mass is 10.1. The zero-order chi connectivity index (χ0) is 110. The zero-order valence-electron chi connectivity index (χ0n) is 80.4. The molecule has 15 rings (SSSR count). The van der Waals surface area contributed by atoms with E-state index in [2.05, 4.69) is 147 Å². The number of nitriles is 1. The number of ether oxygens (including phenoxy) is 5. The predicted octanol–water partition coefficient (Wildman–Crippen LogP) is 19.7. The van der Waals surface area contributed by atoms with Crippen molar-refractivity contribution in [3.63, 3.8) is 0 Å². The van der Waals surface area contributed by atoms with Gasteiger partial charge in [0, 0.05) is 79.3 Å². The Labute approximate surface area is 895 Å². The van der Waals surface area contributed by atoms with Gasteiger partial charge in [-0.15, -0.1) is 37.0 Å². The van der Waals surface area contributed by atoms with Crippen LogP contribution in [-0.4, -0.2) is 147 Å². The molecule has 5 aromatic heterocycles. The summed E-state index contributed by atoms with van der Waals surface area (Å²) in [5.74, 6) is 2.97. The smallest absolute Gasteiger partial charge is 0.347 e. The van der Waals surface area contributed by atoms with Gasteiger partial charge in [-0.05, 0) is 96.2 Å². The number of carbonyl (C=O) groups excluding carboxylic acids is 5. The van der Waals surface area contributed by atoms with Gasteiger partial charge in [-0.25, -0.2) is 54.5 Å². The fraction of sp³-hybridized carbons (Fsp3) is 0.213. The number of allylic oxidation sites excluding steroid dienone is 3. The lowest BCUT2D eigenvalue weighted by Crippen LogP contribution is -2.58. The molecule has 45 nitrogen and oxygen atoms in total. The Morgan fingerprint density at radius 1 is 0.389 bits per heavy atom. The van der Waals surface area contributed by atoms with E-state index in [1.807, 2.05) is 75.3 Å². The number of amidine groups is 2. The SMILES string of the molecule is C#CC1=NN(c2cc(Cl)c(Oc3cc(C(C)C)c(=O)[nH]n3)c(Cl)c2)C(=O)NC1=C.C=C1NC(=O)N(c2cc(Cl)c(Oc3cc(C(C)C)c(=O)[nH]n3)c(Cl)c2)N=C1CC#N.C=C1NC(=O)N(c2cc(Cl)c(Oc3cc(C(C)C)c(=O)[nH]n3)c(Cl)c2)N=C1CC(=O)O.C=C1NC(=O)N(c2cc(Cl)c(Oc3cc(C(C)C)c(=O)[nH]n3)c(Cl)c2)N=C1N(C)C.C=C1NC(=O)N(c2cc(Cl)c(Oc3cc(C(C)C)c(=O)[nH]n3)c(Cl)c2)NC1=NC. The van der Waals surface area contributed by atoms with Crippen molar-refractivity contribution >= 4 is 209 Å². The molecule has 0 saturated carbocycles. The number of anilines is 5. The minimum atomic E-state index is -1.13. The number of carboxylic acids is 1. The first-order chi connectivity index (χ1) is 70.3. The van der Waals surface area contributed by atoms with Crippen molar-refractivity contribution in [3.05, 3.63) is 282 Å². The van der Waals surface area contributed by atoms with Crippen molar-refractivity contribution in [2.24, 2.45) is 25.4 Å². The van der Waals surface area contributed by atoms with Crippen LogP contribution < -0.4 is 109 Å². The molecule has 0 radical (unpaired) electrons. The van der Waals surface area contributed by atoms with Gasteiger partial charge >= 0.3 is 36.1 Å². The number of rotatable bonds is 23. The number of carboxylic acid groups (broad SMARTS) is 1. The number of H-pyrrole nitrogens is 5. The molecule has 1 fully saturated rings. The number of likely N-dealkylation sites (N-methyl/N-ethyl adjacent to an activating group) is 1. The molecule has 12 N–H and O–H groups in total. The maximum absolute atomic E-state index is 12.4. The van der Waals surface area contributed by atoms with Crippen molar-refractivity contribution in [1.29, 1.82) is 5.26 Å². The quantitative estimate of drug-likeness (QED) is 0.0265. The molecular formula is C94H86Cl10N28O17. The molecule has 0 aliphatic carbocycles. The van der Waals surface area contributed by atoms with Crippen LogP contribution in [-0.2, 0) is 4.79 Å². The largest absolute Gasteiger partial charge is 0.481 e. The van der Waals surface area contributed by atoms with Gasteiger partial charge in [-0.3, -0.25) is 39.2 Å². The van der Waals surface area contributed by atoms with Crippen LogP contribution in [0.2, 0.25) is 50.2 Å². The number of amides is 10. The Balaban J connectivity index is 0.000000177. The van der Waals surface area contributed by atoms with Crippen molar-refractivity contribution in [2.45, 2.75) is 112 Å². The Hall–Kier alpha value is -16.1. The Kier molecular flexibility index (Phi) is 37.2. The van der Waals surface area contributed by atoms with Gasteiger partial charge in [0.05, 0.1) is 137 Å². The van der Waals surface area contributed by atoms with Gasteiger partial charge < -0.3 is 60.3 Å². The van der Waals surface area contributed by atoms with E-state index in [0.29, 0.717) is 68.0 Å². The van der Waals surface area contributed by atoms with Crippen LogP contribution in [0.5, 0.6) is 58.1 Å². The third kappa shape index (κ3) is 27.6. The van der Waals surface area contributed by atoms with E-state index in [9.17, 15) is 52.7 Å². The number of hydrazine groups is 1. The second-order valence-electron chi connectivity index (χ2n) is 33.1. The minimum absolute atomic E-state index is 0.0229. The Bertz CT molecular complexity index is 7640. The van der Waals surface area contributed by atoms with Crippen LogP contribution in [0.1, 0.15) is 139 Å². The second-order valence-corrected chi connectivity index (χ2v) is 37.2. The number of aliphatic carboxylic acids is 1. The highest BCUT2D eigenvalue weighted by atomic mass is 35.5. The summed E-state index contributed by atoms with van der Waals surface area (Å²) in [6.07, 6.45) is 4.90. The number of benzene rings is 5. The van der Waals surface area contributed by atoms with Crippen LogP contribution in [0, 0.1) is 23.7 Å². The number of hydrazone groups is 4. The average molecular weight is 2230 g/mol. The number of urea groups is 5. The summed E-state index contributed by atoms with van der Waals surface area (Å²) in [5, 5.41) is 84.5. The van der Waals surface area contributed by atoms with Crippen LogP contribution in [0.25, 0.3) is 0 Å². The number of halogens is 10. The normalized spacial score (nSPS) is 14.2. The average Bonchev–Trinajstić information content (AvgIpc) is 0.760. The number of aliphatic imine (C=N–C) groups is 1. The maximum atomic E-state index is 12.4. The summed E-state index contributed by atoms with van der Waals surface area (Å²) in [5.41, 5.74) is 6.99. The second kappa shape index (κ2) is 49.0. The number of hydrogen-bond acceptors (Lipinski definition) is 28. The van der Waals surface area contributed by atoms with Gasteiger partial charge in [-0.2, -0.15) is 40.6 Å². The molecule has 0 unspecified atom stereocenters. The summed E-state index contributed by atoms with van der Waals surface area (Å²) in [7, 11) is 5.11. The van der Waals surface area contributed by atoms with Gasteiger partial charge in [0.2, 0.25) is 29.4 Å². The first-order valence-corrected chi connectivity index (χ1v) is 47.2. The zero-order valence-corrected chi connectivity index (χ0v) is 88.0. The molecular weight excluding hydrogens is 2150 g/mol. The predicted molar refractivity (Wildman–Crippen MR) is 569 cm³/mol. The lowest BCUT2D eigenvalue weighted by molar-refractivity contribution is -0.135.